The Hall–Kier alpha value is -1.08. The summed E-state index contributed by atoms with van der Waals surface area (Å²) in [5.41, 5.74) is 1.14. The summed E-state index contributed by atoms with van der Waals surface area (Å²) in [6, 6.07) is 7.69. The summed E-state index contributed by atoms with van der Waals surface area (Å²) in [4.78, 5) is 21.4. The molecule has 0 spiro atoms. The summed E-state index contributed by atoms with van der Waals surface area (Å²) in [5, 5.41) is 4.40. The maximum absolute atomic E-state index is 12.1. The fraction of sp³-hybridized carbons (Fsp3) is 0.412. The van der Waals surface area contributed by atoms with Gasteiger partial charge in [-0.05, 0) is 18.7 Å². The minimum atomic E-state index is 0.00741. The van der Waals surface area contributed by atoms with Crippen molar-refractivity contribution >= 4 is 45.7 Å². The molecule has 0 fully saturated rings. The number of thioether (sulfide) groups is 1. The number of fused-ring (bicyclic) bond motifs is 1. The summed E-state index contributed by atoms with van der Waals surface area (Å²) >= 11 is 9.32. The van der Waals surface area contributed by atoms with Crippen molar-refractivity contribution in [3.63, 3.8) is 0 Å². The average Bonchev–Trinajstić information content (AvgIpc) is 2.97. The molecule has 24 heavy (non-hydrogen) atoms. The SMILES string of the molecule is CCN1CCc2nc(NC(=O)CCSc3ccccc3Cl)sc2C1. The van der Waals surface area contributed by atoms with E-state index in [4.69, 9.17) is 11.6 Å². The Morgan fingerprint density at radius 3 is 3.08 bits per heavy atom. The van der Waals surface area contributed by atoms with Crippen LogP contribution in [0.3, 0.4) is 0 Å². The van der Waals surface area contributed by atoms with Gasteiger partial charge < -0.3 is 5.32 Å². The molecule has 4 nitrogen and oxygen atoms in total. The lowest BCUT2D eigenvalue weighted by atomic mass is 10.2. The highest BCUT2D eigenvalue weighted by Crippen LogP contribution is 2.29. The molecule has 7 heteroatoms. The van der Waals surface area contributed by atoms with Crippen LogP contribution in [0.4, 0.5) is 5.13 Å². The van der Waals surface area contributed by atoms with E-state index in [1.54, 1.807) is 23.1 Å². The number of carbonyl (C=O) groups excluding carboxylic acids is 1. The third-order valence-electron chi connectivity index (χ3n) is 3.93. The highest BCUT2D eigenvalue weighted by atomic mass is 35.5. The number of rotatable bonds is 6. The van der Waals surface area contributed by atoms with Crippen molar-refractivity contribution in [1.29, 1.82) is 0 Å². The number of likely N-dealkylation sites (N-methyl/N-ethyl adjacent to an activating group) is 1. The molecule has 0 radical (unpaired) electrons. The van der Waals surface area contributed by atoms with Gasteiger partial charge in [0.05, 0.1) is 10.7 Å². The number of hydrogen-bond acceptors (Lipinski definition) is 5. The molecule has 3 rings (SSSR count). The van der Waals surface area contributed by atoms with Crippen LogP contribution in [0, 0.1) is 0 Å². The van der Waals surface area contributed by atoms with Crippen LogP contribution in [-0.4, -0.2) is 34.6 Å². The Bertz CT molecular complexity index is 720. The summed E-state index contributed by atoms with van der Waals surface area (Å²) < 4.78 is 0. The fourth-order valence-electron chi connectivity index (χ4n) is 2.57. The van der Waals surface area contributed by atoms with Gasteiger partial charge in [0, 0.05) is 41.5 Å². The first-order valence-corrected chi connectivity index (χ1v) is 10.2. The van der Waals surface area contributed by atoms with Crippen LogP contribution in [0.25, 0.3) is 0 Å². The van der Waals surface area contributed by atoms with Crippen molar-refractivity contribution in [3.05, 3.63) is 39.9 Å². The number of thiazole rings is 1. The maximum Gasteiger partial charge on any atom is 0.226 e. The predicted molar refractivity (Wildman–Crippen MR) is 102 cm³/mol. The highest BCUT2D eigenvalue weighted by Gasteiger charge is 2.20. The van der Waals surface area contributed by atoms with Crippen LogP contribution >= 0.6 is 34.7 Å². The molecule has 0 saturated carbocycles. The Kier molecular flexibility index (Phi) is 6.16. The summed E-state index contributed by atoms with van der Waals surface area (Å²) in [5.74, 6) is 0.706. The molecule has 0 atom stereocenters. The number of anilines is 1. The van der Waals surface area contributed by atoms with Crippen LogP contribution in [0.1, 0.15) is 23.9 Å². The molecular formula is C17H20ClN3OS2. The van der Waals surface area contributed by atoms with Crippen LogP contribution in [0.5, 0.6) is 0 Å². The first kappa shape index (κ1) is 17.7. The van der Waals surface area contributed by atoms with Crippen molar-refractivity contribution in [3.8, 4) is 0 Å². The third kappa shape index (κ3) is 4.51. The van der Waals surface area contributed by atoms with Crippen LogP contribution < -0.4 is 5.32 Å². The van der Waals surface area contributed by atoms with Gasteiger partial charge in [-0.15, -0.1) is 23.1 Å². The molecule has 2 aromatic rings. The topological polar surface area (TPSA) is 45.2 Å². The lowest BCUT2D eigenvalue weighted by molar-refractivity contribution is -0.115. The number of halogens is 1. The second kappa shape index (κ2) is 8.34. The van der Waals surface area contributed by atoms with Gasteiger partial charge >= 0.3 is 0 Å². The number of nitrogens with zero attached hydrogens (tertiary/aromatic N) is 2. The van der Waals surface area contributed by atoms with E-state index in [2.05, 4.69) is 22.1 Å². The number of benzene rings is 1. The minimum Gasteiger partial charge on any atom is -0.302 e. The molecule has 0 aliphatic carbocycles. The van der Waals surface area contributed by atoms with E-state index in [-0.39, 0.29) is 5.91 Å². The Balaban J connectivity index is 1.49. The van der Waals surface area contributed by atoms with Gasteiger partial charge in [0.1, 0.15) is 0 Å². The van der Waals surface area contributed by atoms with E-state index in [1.165, 1.54) is 4.88 Å². The number of amides is 1. The molecule has 1 amide bonds. The zero-order valence-corrected chi connectivity index (χ0v) is 15.9. The Morgan fingerprint density at radius 2 is 2.29 bits per heavy atom. The Labute approximate surface area is 155 Å². The van der Waals surface area contributed by atoms with Gasteiger partial charge in [0.15, 0.2) is 5.13 Å². The van der Waals surface area contributed by atoms with Crippen molar-refractivity contribution in [2.75, 3.05) is 24.2 Å². The second-order valence-corrected chi connectivity index (χ2v) is 8.21. The predicted octanol–water partition coefficient (Wildman–Crippen LogP) is 4.30. The van der Waals surface area contributed by atoms with E-state index < -0.39 is 0 Å². The zero-order chi connectivity index (χ0) is 16.9. The quantitative estimate of drug-likeness (QED) is 0.758. The number of nitrogens with one attached hydrogen (secondary N) is 1. The summed E-state index contributed by atoms with van der Waals surface area (Å²) in [6.45, 7) is 5.22. The smallest absolute Gasteiger partial charge is 0.226 e. The molecule has 1 aromatic heterocycles. The number of carbonyl (C=O) groups is 1. The van der Waals surface area contributed by atoms with Crippen molar-refractivity contribution in [1.82, 2.24) is 9.88 Å². The van der Waals surface area contributed by atoms with E-state index in [0.717, 1.165) is 46.8 Å². The van der Waals surface area contributed by atoms with Gasteiger partial charge in [-0.1, -0.05) is 30.7 Å². The van der Waals surface area contributed by atoms with Crippen LogP contribution in [0.2, 0.25) is 5.02 Å². The summed E-state index contributed by atoms with van der Waals surface area (Å²) in [7, 11) is 0. The third-order valence-corrected chi connectivity index (χ3v) is 6.44. The second-order valence-electron chi connectivity index (χ2n) is 5.58. The van der Waals surface area contributed by atoms with Crippen molar-refractivity contribution < 1.29 is 4.79 Å². The highest BCUT2D eigenvalue weighted by molar-refractivity contribution is 7.99. The lowest BCUT2D eigenvalue weighted by Crippen LogP contribution is -2.29. The molecule has 128 valence electrons. The molecule has 1 N–H and O–H groups in total. The van der Waals surface area contributed by atoms with E-state index in [9.17, 15) is 4.79 Å². The maximum atomic E-state index is 12.1. The van der Waals surface area contributed by atoms with E-state index >= 15 is 0 Å². The van der Waals surface area contributed by atoms with Crippen LogP contribution in [-0.2, 0) is 17.8 Å². The van der Waals surface area contributed by atoms with Gasteiger partial charge in [-0.3, -0.25) is 9.69 Å². The minimum absolute atomic E-state index is 0.00741. The molecule has 0 unspecified atom stereocenters. The first-order chi connectivity index (χ1) is 11.7. The van der Waals surface area contributed by atoms with Crippen molar-refractivity contribution in [2.24, 2.45) is 0 Å². The van der Waals surface area contributed by atoms with Gasteiger partial charge in [0.2, 0.25) is 5.91 Å². The number of aromatic nitrogens is 1. The fourth-order valence-corrected chi connectivity index (χ4v) is 4.82. The first-order valence-electron chi connectivity index (χ1n) is 8.04. The lowest BCUT2D eigenvalue weighted by Gasteiger charge is -2.23. The molecule has 0 saturated heterocycles. The molecule has 1 aliphatic rings. The van der Waals surface area contributed by atoms with E-state index in [1.807, 2.05) is 24.3 Å². The molecule has 0 bridgehead atoms. The monoisotopic (exact) mass is 381 g/mol. The molecule has 1 aliphatic heterocycles. The van der Waals surface area contributed by atoms with E-state index in [0.29, 0.717) is 12.2 Å². The van der Waals surface area contributed by atoms with Crippen molar-refractivity contribution in [2.45, 2.75) is 31.2 Å². The molecule has 1 aromatic carbocycles. The normalized spacial score (nSPS) is 14.4. The number of hydrogen-bond donors (Lipinski definition) is 1. The Morgan fingerprint density at radius 1 is 1.46 bits per heavy atom. The van der Waals surface area contributed by atoms with Gasteiger partial charge in [0.25, 0.3) is 0 Å². The largest absolute Gasteiger partial charge is 0.302 e. The summed E-state index contributed by atoms with van der Waals surface area (Å²) in [6.07, 6.45) is 1.42. The van der Waals surface area contributed by atoms with Crippen LogP contribution in [0.15, 0.2) is 29.2 Å². The van der Waals surface area contributed by atoms with Gasteiger partial charge in [-0.25, -0.2) is 4.98 Å². The average molecular weight is 382 g/mol. The van der Waals surface area contributed by atoms with Gasteiger partial charge in [-0.2, -0.15) is 0 Å². The standard InChI is InChI=1S/C17H20ClN3OS2/c1-2-21-9-7-13-15(11-21)24-17(19-13)20-16(22)8-10-23-14-6-4-3-5-12(14)18/h3-6H,2,7-11H2,1H3,(H,19,20,22). The molecule has 2 heterocycles. The zero-order valence-electron chi connectivity index (χ0n) is 13.5. The molecular weight excluding hydrogens is 362 g/mol.